The van der Waals surface area contributed by atoms with Gasteiger partial charge in [-0.25, -0.2) is 18.1 Å². The van der Waals surface area contributed by atoms with Crippen molar-refractivity contribution in [3.8, 4) is 0 Å². The molecule has 1 N–H and O–H groups in total. The zero-order chi connectivity index (χ0) is 13.1. The van der Waals surface area contributed by atoms with Crippen molar-refractivity contribution >= 4 is 33.0 Å². The number of halogens is 1. The van der Waals surface area contributed by atoms with E-state index in [1.54, 1.807) is 13.8 Å². The Kier molecular flexibility index (Phi) is 5.33. The van der Waals surface area contributed by atoms with E-state index in [2.05, 4.69) is 9.71 Å². The lowest BCUT2D eigenvalue weighted by Gasteiger charge is -2.12. The molecule has 5 nitrogen and oxygen atoms in total. The van der Waals surface area contributed by atoms with Crippen LogP contribution in [0.2, 0.25) is 4.47 Å². The van der Waals surface area contributed by atoms with Gasteiger partial charge in [-0.1, -0.05) is 22.9 Å². The standard InChI is InChI=1S/C9H15ClN2O3S2/c1-4-15-6(2)5-11-17(13,14)8-7(3)12-9(10)16-8/h6,11H,4-5H2,1-3H3. The molecule has 0 aliphatic heterocycles. The normalized spacial score (nSPS) is 13.9. The molecule has 0 aromatic carbocycles. The van der Waals surface area contributed by atoms with E-state index >= 15 is 0 Å². The van der Waals surface area contributed by atoms with E-state index in [1.165, 1.54) is 0 Å². The van der Waals surface area contributed by atoms with Crippen molar-refractivity contribution < 1.29 is 13.2 Å². The number of hydrogen-bond acceptors (Lipinski definition) is 5. The maximum absolute atomic E-state index is 11.9. The predicted molar refractivity (Wildman–Crippen MR) is 68.1 cm³/mol. The molecule has 1 rings (SSSR count). The van der Waals surface area contributed by atoms with Gasteiger partial charge >= 0.3 is 0 Å². The van der Waals surface area contributed by atoms with Gasteiger partial charge in [-0.3, -0.25) is 0 Å². The minimum Gasteiger partial charge on any atom is -0.377 e. The van der Waals surface area contributed by atoms with Crippen molar-refractivity contribution in [2.24, 2.45) is 0 Å². The molecular formula is C9H15ClN2O3S2. The van der Waals surface area contributed by atoms with Gasteiger partial charge in [-0.15, -0.1) is 0 Å². The van der Waals surface area contributed by atoms with Crippen LogP contribution in [0, 0.1) is 6.92 Å². The van der Waals surface area contributed by atoms with E-state index in [0.717, 1.165) is 11.3 Å². The number of aryl methyl sites for hydroxylation is 1. The third kappa shape index (κ3) is 4.18. The molecule has 0 amide bonds. The van der Waals surface area contributed by atoms with Crippen LogP contribution in [0.5, 0.6) is 0 Å². The van der Waals surface area contributed by atoms with Crippen LogP contribution < -0.4 is 4.72 Å². The topological polar surface area (TPSA) is 68.3 Å². The smallest absolute Gasteiger partial charge is 0.252 e. The maximum atomic E-state index is 11.9. The van der Waals surface area contributed by atoms with Crippen molar-refractivity contribution in [2.75, 3.05) is 13.2 Å². The first-order valence-electron chi connectivity index (χ1n) is 5.11. The third-order valence-corrected chi connectivity index (χ3v) is 5.28. The highest BCUT2D eigenvalue weighted by Crippen LogP contribution is 2.26. The Morgan fingerprint density at radius 2 is 2.24 bits per heavy atom. The fraction of sp³-hybridized carbons (Fsp3) is 0.667. The Bertz CT molecular complexity index is 473. The third-order valence-electron chi connectivity index (χ3n) is 1.98. The quantitative estimate of drug-likeness (QED) is 0.869. The molecule has 17 heavy (non-hydrogen) atoms. The average molecular weight is 299 g/mol. The van der Waals surface area contributed by atoms with Crippen LogP contribution in [0.15, 0.2) is 4.21 Å². The monoisotopic (exact) mass is 298 g/mol. The van der Waals surface area contributed by atoms with Gasteiger partial charge in [0.2, 0.25) is 0 Å². The molecule has 0 bridgehead atoms. The van der Waals surface area contributed by atoms with Gasteiger partial charge in [0.15, 0.2) is 8.68 Å². The Morgan fingerprint density at radius 3 is 2.71 bits per heavy atom. The first-order valence-corrected chi connectivity index (χ1v) is 7.78. The number of sulfonamides is 1. The van der Waals surface area contributed by atoms with Crippen LogP contribution in [-0.2, 0) is 14.8 Å². The molecule has 0 aliphatic carbocycles. The summed E-state index contributed by atoms with van der Waals surface area (Å²) in [7, 11) is -3.54. The van der Waals surface area contributed by atoms with E-state index in [9.17, 15) is 8.42 Å². The van der Waals surface area contributed by atoms with Gasteiger partial charge in [0.1, 0.15) is 0 Å². The summed E-state index contributed by atoms with van der Waals surface area (Å²) < 4.78 is 31.9. The molecule has 0 saturated heterocycles. The number of nitrogens with zero attached hydrogens (tertiary/aromatic N) is 1. The van der Waals surface area contributed by atoms with Crippen LogP contribution in [-0.4, -0.2) is 32.7 Å². The number of rotatable bonds is 6. The van der Waals surface area contributed by atoms with E-state index in [0.29, 0.717) is 12.3 Å². The summed E-state index contributed by atoms with van der Waals surface area (Å²) in [5.74, 6) is 0. The van der Waals surface area contributed by atoms with Gasteiger partial charge in [0, 0.05) is 13.2 Å². The summed E-state index contributed by atoms with van der Waals surface area (Å²) >= 11 is 6.62. The zero-order valence-electron chi connectivity index (χ0n) is 9.86. The molecule has 8 heteroatoms. The molecule has 0 saturated carbocycles. The van der Waals surface area contributed by atoms with Crippen LogP contribution >= 0.6 is 22.9 Å². The van der Waals surface area contributed by atoms with Crippen molar-refractivity contribution in [1.29, 1.82) is 0 Å². The molecule has 0 aliphatic rings. The fourth-order valence-electron chi connectivity index (χ4n) is 1.24. The minimum absolute atomic E-state index is 0.159. The number of ether oxygens (including phenoxy) is 1. The Balaban J connectivity index is 2.73. The first-order chi connectivity index (χ1) is 7.86. The number of hydrogen-bond donors (Lipinski definition) is 1. The Labute approximate surface area is 110 Å². The SMILES string of the molecule is CCOC(C)CNS(=O)(=O)c1sc(Cl)nc1C. The largest absolute Gasteiger partial charge is 0.377 e. The molecule has 0 spiro atoms. The Hall–Kier alpha value is -0.210. The molecule has 1 aromatic rings. The summed E-state index contributed by atoms with van der Waals surface area (Å²) in [5.41, 5.74) is 0.413. The zero-order valence-corrected chi connectivity index (χ0v) is 12.2. The summed E-state index contributed by atoms with van der Waals surface area (Å²) in [5, 5.41) is 0. The molecule has 1 aromatic heterocycles. The van der Waals surface area contributed by atoms with E-state index in [1.807, 2.05) is 6.92 Å². The van der Waals surface area contributed by atoms with Crippen LogP contribution in [0.4, 0.5) is 0 Å². The van der Waals surface area contributed by atoms with Gasteiger partial charge < -0.3 is 4.74 Å². The highest BCUT2D eigenvalue weighted by Gasteiger charge is 2.21. The fourth-order valence-corrected chi connectivity index (χ4v) is 4.13. The lowest BCUT2D eigenvalue weighted by Crippen LogP contribution is -2.32. The van der Waals surface area contributed by atoms with Crippen molar-refractivity contribution in [2.45, 2.75) is 31.1 Å². The molecular weight excluding hydrogens is 284 g/mol. The highest BCUT2D eigenvalue weighted by molar-refractivity contribution is 7.91. The van der Waals surface area contributed by atoms with E-state index < -0.39 is 10.0 Å². The molecule has 98 valence electrons. The molecule has 1 unspecified atom stereocenters. The van der Waals surface area contributed by atoms with Crippen LogP contribution in [0.3, 0.4) is 0 Å². The van der Waals surface area contributed by atoms with Gasteiger partial charge in [0.25, 0.3) is 10.0 Å². The number of nitrogens with one attached hydrogen (secondary N) is 1. The van der Waals surface area contributed by atoms with Gasteiger partial charge in [-0.05, 0) is 20.8 Å². The highest BCUT2D eigenvalue weighted by atomic mass is 35.5. The lowest BCUT2D eigenvalue weighted by atomic mass is 10.4. The number of thiazole rings is 1. The van der Waals surface area contributed by atoms with E-state index in [4.69, 9.17) is 16.3 Å². The second-order valence-electron chi connectivity index (χ2n) is 3.46. The summed E-state index contributed by atoms with van der Waals surface area (Å²) in [6.07, 6.45) is -0.168. The molecule has 0 fully saturated rings. The second kappa shape index (κ2) is 6.10. The average Bonchev–Trinajstić information content (AvgIpc) is 2.56. The number of aromatic nitrogens is 1. The van der Waals surface area contributed by atoms with Gasteiger partial charge in [0.05, 0.1) is 11.8 Å². The van der Waals surface area contributed by atoms with E-state index in [-0.39, 0.29) is 21.3 Å². The summed E-state index contributed by atoms with van der Waals surface area (Å²) in [6, 6.07) is 0. The molecule has 1 heterocycles. The summed E-state index contributed by atoms with van der Waals surface area (Å²) in [4.78, 5) is 3.87. The van der Waals surface area contributed by atoms with Crippen molar-refractivity contribution in [3.63, 3.8) is 0 Å². The van der Waals surface area contributed by atoms with Crippen molar-refractivity contribution in [1.82, 2.24) is 9.71 Å². The first kappa shape index (κ1) is 14.8. The summed E-state index contributed by atoms with van der Waals surface area (Å²) in [6.45, 7) is 6.05. The predicted octanol–water partition coefficient (Wildman–Crippen LogP) is 1.81. The lowest BCUT2D eigenvalue weighted by molar-refractivity contribution is 0.0799. The maximum Gasteiger partial charge on any atom is 0.252 e. The molecule has 1 atom stereocenters. The van der Waals surface area contributed by atoms with Crippen molar-refractivity contribution in [3.05, 3.63) is 10.2 Å². The van der Waals surface area contributed by atoms with Gasteiger partial charge in [-0.2, -0.15) is 0 Å². The minimum atomic E-state index is -3.54. The molecule has 0 radical (unpaired) electrons. The Morgan fingerprint density at radius 1 is 1.59 bits per heavy atom. The van der Waals surface area contributed by atoms with Crippen LogP contribution in [0.1, 0.15) is 19.5 Å². The van der Waals surface area contributed by atoms with Crippen LogP contribution in [0.25, 0.3) is 0 Å². The second-order valence-corrected chi connectivity index (χ2v) is 7.00.